The zero-order chi connectivity index (χ0) is 14.8. The van der Waals surface area contributed by atoms with Crippen molar-refractivity contribution in [2.45, 2.75) is 0 Å². The molecule has 0 spiro atoms. The van der Waals surface area contributed by atoms with Crippen LogP contribution in [-0.2, 0) is 0 Å². The van der Waals surface area contributed by atoms with Crippen LogP contribution in [0.3, 0.4) is 0 Å². The molecule has 0 fully saturated rings. The Morgan fingerprint density at radius 2 is 2.10 bits per heavy atom. The van der Waals surface area contributed by atoms with E-state index in [9.17, 15) is 4.79 Å². The summed E-state index contributed by atoms with van der Waals surface area (Å²) in [6.45, 7) is 0. The predicted molar refractivity (Wildman–Crippen MR) is 82.0 cm³/mol. The van der Waals surface area contributed by atoms with Gasteiger partial charge < -0.3 is 4.42 Å². The number of furan rings is 1. The normalized spacial score (nSPS) is 10.6. The Bertz CT molecular complexity index is 787. The summed E-state index contributed by atoms with van der Waals surface area (Å²) in [5.41, 5.74) is 0.316. The number of halogens is 2. The molecule has 0 saturated heterocycles. The maximum absolute atomic E-state index is 12.1. The van der Waals surface area contributed by atoms with Crippen LogP contribution in [0.2, 0.25) is 10.0 Å². The van der Waals surface area contributed by atoms with Crippen molar-refractivity contribution in [2.75, 3.05) is 5.32 Å². The molecule has 2 aromatic heterocycles. The van der Waals surface area contributed by atoms with Gasteiger partial charge >= 0.3 is 0 Å². The molecule has 0 aliphatic rings. The first-order chi connectivity index (χ1) is 10.1. The van der Waals surface area contributed by atoms with E-state index in [1.165, 1.54) is 17.4 Å². The van der Waals surface area contributed by atoms with E-state index in [0.717, 1.165) is 0 Å². The number of carbonyl (C=O) groups is 1. The minimum atomic E-state index is -0.376. The van der Waals surface area contributed by atoms with Crippen LogP contribution in [0, 0.1) is 0 Å². The molecular formula is C13H7Cl2N3O2S. The summed E-state index contributed by atoms with van der Waals surface area (Å²) in [5.74, 6) is 0.219. The first-order valence-corrected chi connectivity index (χ1v) is 7.34. The number of carbonyl (C=O) groups excluding carboxylic acids is 1. The first-order valence-electron chi connectivity index (χ1n) is 5.77. The van der Waals surface area contributed by atoms with E-state index < -0.39 is 0 Å². The van der Waals surface area contributed by atoms with Gasteiger partial charge in [0, 0.05) is 5.02 Å². The van der Waals surface area contributed by atoms with Crippen LogP contribution in [-0.4, -0.2) is 16.1 Å². The molecule has 3 rings (SSSR count). The quantitative estimate of drug-likeness (QED) is 0.769. The van der Waals surface area contributed by atoms with Gasteiger partial charge in [-0.2, -0.15) is 0 Å². The van der Waals surface area contributed by atoms with Gasteiger partial charge in [-0.25, -0.2) is 0 Å². The highest BCUT2D eigenvalue weighted by Gasteiger charge is 2.15. The monoisotopic (exact) mass is 339 g/mol. The van der Waals surface area contributed by atoms with Crippen molar-refractivity contribution in [1.82, 2.24) is 10.2 Å². The van der Waals surface area contributed by atoms with E-state index in [-0.39, 0.29) is 10.9 Å². The Morgan fingerprint density at radius 3 is 2.81 bits per heavy atom. The van der Waals surface area contributed by atoms with Crippen molar-refractivity contribution in [3.63, 3.8) is 0 Å². The fraction of sp³-hybridized carbons (Fsp3) is 0. The van der Waals surface area contributed by atoms with Gasteiger partial charge in [0.15, 0.2) is 10.8 Å². The van der Waals surface area contributed by atoms with Crippen LogP contribution in [0.4, 0.5) is 5.13 Å². The molecule has 0 aliphatic heterocycles. The first kappa shape index (κ1) is 14.1. The number of aromatic nitrogens is 2. The molecule has 0 saturated carbocycles. The highest BCUT2D eigenvalue weighted by Crippen LogP contribution is 2.27. The number of hydrogen-bond acceptors (Lipinski definition) is 5. The van der Waals surface area contributed by atoms with Gasteiger partial charge in [-0.15, -0.1) is 10.2 Å². The molecule has 0 radical (unpaired) electrons. The molecule has 0 bridgehead atoms. The number of amides is 1. The number of nitrogens with zero attached hydrogens (tertiary/aromatic N) is 2. The molecule has 1 aromatic carbocycles. The summed E-state index contributed by atoms with van der Waals surface area (Å²) in [4.78, 5) is 12.1. The lowest BCUT2D eigenvalue weighted by molar-refractivity contribution is 0.102. The lowest BCUT2D eigenvalue weighted by atomic mass is 10.2. The number of nitrogens with one attached hydrogen (secondary N) is 1. The van der Waals surface area contributed by atoms with Gasteiger partial charge in [-0.3, -0.25) is 10.1 Å². The fourth-order valence-electron chi connectivity index (χ4n) is 1.61. The smallest absolute Gasteiger partial charge is 0.259 e. The Labute approximate surface area is 133 Å². The minimum absolute atomic E-state index is 0.274. The van der Waals surface area contributed by atoms with Crippen molar-refractivity contribution in [1.29, 1.82) is 0 Å². The van der Waals surface area contributed by atoms with E-state index in [1.807, 2.05) is 0 Å². The third-order valence-corrected chi connectivity index (χ3v) is 3.95. The molecule has 0 atom stereocenters. The molecule has 0 aliphatic carbocycles. The molecule has 2 heterocycles. The van der Waals surface area contributed by atoms with Crippen molar-refractivity contribution in [3.8, 4) is 10.8 Å². The molecular weight excluding hydrogens is 333 g/mol. The van der Waals surface area contributed by atoms with Crippen LogP contribution in [0.5, 0.6) is 0 Å². The maximum Gasteiger partial charge on any atom is 0.259 e. The van der Waals surface area contributed by atoms with E-state index >= 15 is 0 Å². The van der Waals surface area contributed by atoms with Gasteiger partial charge in [-0.05, 0) is 30.3 Å². The van der Waals surface area contributed by atoms with Crippen LogP contribution >= 0.6 is 34.5 Å². The lowest BCUT2D eigenvalue weighted by Crippen LogP contribution is -2.12. The fourth-order valence-corrected chi connectivity index (χ4v) is 2.81. The Morgan fingerprint density at radius 1 is 1.24 bits per heavy atom. The maximum atomic E-state index is 12.1. The summed E-state index contributed by atoms with van der Waals surface area (Å²) >= 11 is 13.0. The molecule has 0 unspecified atom stereocenters. The summed E-state index contributed by atoms with van der Waals surface area (Å²) in [6, 6.07) is 8.17. The summed E-state index contributed by atoms with van der Waals surface area (Å²) in [6.07, 6.45) is 1.54. The average Bonchev–Trinajstić information content (AvgIpc) is 3.08. The highest BCUT2D eigenvalue weighted by molar-refractivity contribution is 7.18. The highest BCUT2D eigenvalue weighted by atomic mass is 35.5. The molecule has 1 N–H and O–H groups in total. The average molecular weight is 340 g/mol. The van der Waals surface area contributed by atoms with Gasteiger partial charge in [-0.1, -0.05) is 34.5 Å². The predicted octanol–water partition coefficient (Wildman–Crippen LogP) is 4.36. The number of hydrogen-bond donors (Lipinski definition) is 1. The Kier molecular flexibility index (Phi) is 3.92. The second-order valence-electron chi connectivity index (χ2n) is 3.97. The topological polar surface area (TPSA) is 68.0 Å². The second-order valence-corrected chi connectivity index (χ2v) is 5.79. The molecule has 8 heteroatoms. The standard InChI is InChI=1S/C13H7Cl2N3O2S/c14-7-3-4-8(9(15)6-7)11(19)16-13-18-17-12(21-13)10-2-1-5-20-10/h1-6H,(H,16,18,19). The van der Waals surface area contributed by atoms with E-state index in [4.69, 9.17) is 27.6 Å². The Hall–Kier alpha value is -1.89. The van der Waals surface area contributed by atoms with Crippen molar-refractivity contribution in [3.05, 3.63) is 52.2 Å². The van der Waals surface area contributed by atoms with E-state index in [0.29, 0.717) is 26.5 Å². The van der Waals surface area contributed by atoms with Gasteiger partial charge in [0.2, 0.25) is 5.13 Å². The zero-order valence-electron chi connectivity index (χ0n) is 10.3. The number of benzene rings is 1. The summed E-state index contributed by atoms with van der Waals surface area (Å²) < 4.78 is 5.21. The molecule has 106 valence electrons. The van der Waals surface area contributed by atoms with Crippen LogP contribution < -0.4 is 5.32 Å². The van der Waals surface area contributed by atoms with Gasteiger partial charge in [0.05, 0.1) is 16.8 Å². The lowest BCUT2D eigenvalue weighted by Gasteiger charge is -2.03. The molecule has 21 heavy (non-hydrogen) atoms. The summed E-state index contributed by atoms with van der Waals surface area (Å²) in [5, 5.41) is 12.2. The number of rotatable bonds is 3. The summed E-state index contributed by atoms with van der Waals surface area (Å²) in [7, 11) is 0. The third-order valence-electron chi connectivity index (χ3n) is 2.55. The third kappa shape index (κ3) is 3.07. The number of anilines is 1. The van der Waals surface area contributed by atoms with E-state index in [1.54, 1.807) is 30.5 Å². The van der Waals surface area contributed by atoms with Crippen molar-refractivity contribution >= 4 is 45.6 Å². The minimum Gasteiger partial charge on any atom is -0.462 e. The molecule has 1 amide bonds. The van der Waals surface area contributed by atoms with Gasteiger partial charge in [0.25, 0.3) is 5.91 Å². The zero-order valence-corrected chi connectivity index (χ0v) is 12.7. The SMILES string of the molecule is O=C(Nc1nnc(-c2ccco2)s1)c1ccc(Cl)cc1Cl. The molecule has 5 nitrogen and oxygen atoms in total. The molecule has 3 aromatic rings. The van der Waals surface area contributed by atoms with Crippen LogP contribution in [0.25, 0.3) is 10.8 Å². The second kappa shape index (κ2) is 5.85. The van der Waals surface area contributed by atoms with Gasteiger partial charge in [0.1, 0.15) is 0 Å². The van der Waals surface area contributed by atoms with E-state index in [2.05, 4.69) is 15.5 Å². The van der Waals surface area contributed by atoms with Crippen LogP contribution in [0.1, 0.15) is 10.4 Å². The van der Waals surface area contributed by atoms with Crippen molar-refractivity contribution < 1.29 is 9.21 Å². The van der Waals surface area contributed by atoms with Crippen molar-refractivity contribution in [2.24, 2.45) is 0 Å². The largest absolute Gasteiger partial charge is 0.462 e. The van der Waals surface area contributed by atoms with Crippen LogP contribution in [0.15, 0.2) is 41.0 Å². The Balaban J connectivity index is 1.79.